The first-order valence-electron chi connectivity index (χ1n) is 30.6. The number of carbonyl (C=O) groups is 2. The van der Waals surface area contributed by atoms with Gasteiger partial charge in [-0.1, -0.05) is 269 Å². The standard InChI is InChI=1S/C62H119NO5/c1-3-5-7-9-11-13-15-30-34-38-42-46-50-54-60(65)59(58-64)63-61(66)55-51-47-43-39-35-32-28-26-24-22-20-18-17-19-21-23-25-27-29-33-37-41-45-49-53-57-68-62(67)56-52-48-44-40-36-31-16-14-12-10-8-6-4-2/h14,16,18,20,59-60,64-65H,3-13,15,17,19,21-58H2,1-2H3,(H,63,66)/b16-14-,20-18-. The summed E-state index contributed by atoms with van der Waals surface area (Å²) in [5.74, 6) is -0.0328. The predicted molar refractivity (Wildman–Crippen MR) is 296 cm³/mol. The van der Waals surface area contributed by atoms with Gasteiger partial charge in [0.25, 0.3) is 0 Å². The van der Waals surface area contributed by atoms with E-state index in [2.05, 4.69) is 43.5 Å². The SMILES string of the molecule is CCCCCC/C=C\CCCCCCCC(=O)OCCCCCCCCCCCCCC/C=C\CCCCCCCCCCCC(=O)NC(CO)C(O)CCCCCCCCCCCCCCC. The molecular weight excluding hydrogens is 839 g/mol. The molecule has 0 aromatic heterocycles. The number of hydrogen-bond donors (Lipinski definition) is 3. The van der Waals surface area contributed by atoms with Gasteiger partial charge < -0.3 is 20.3 Å². The van der Waals surface area contributed by atoms with Gasteiger partial charge >= 0.3 is 5.97 Å². The molecular formula is C62H119NO5. The number of esters is 1. The lowest BCUT2D eigenvalue weighted by molar-refractivity contribution is -0.143. The van der Waals surface area contributed by atoms with Gasteiger partial charge in [-0.25, -0.2) is 0 Å². The minimum absolute atomic E-state index is 0.00436. The van der Waals surface area contributed by atoms with Gasteiger partial charge in [0.1, 0.15) is 0 Å². The quantitative estimate of drug-likeness (QED) is 0.0321. The molecule has 0 aromatic rings. The number of carbonyl (C=O) groups excluding carboxylic acids is 2. The van der Waals surface area contributed by atoms with Gasteiger partial charge in [-0.3, -0.25) is 9.59 Å². The molecule has 0 heterocycles. The van der Waals surface area contributed by atoms with Crippen LogP contribution in [0.1, 0.15) is 335 Å². The molecule has 0 rings (SSSR count). The summed E-state index contributed by atoms with van der Waals surface area (Å²) >= 11 is 0. The highest BCUT2D eigenvalue weighted by molar-refractivity contribution is 5.76. The zero-order valence-electron chi connectivity index (χ0n) is 45.9. The molecule has 6 nitrogen and oxygen atoms in total. The number of hydrogen-bond acceptors (Lipinski definition) is 5. The number of rotatable bonds is 57. The summed E-state index contributed by atoms with van der Waals surface area (Å²) in [6, 6.07) is -0.543. The van der Waals surface area contributed by atoms with Crippen LogP contribution < -0.4 is 5.32 Å². The predicted octanol–water partition coefficient (Wildman–Crippen LogP) is 19.0. The lowest BCUT2D eigenvalue weighted by Gasteiger charge is -2.22. The fourth-order valence-corrected chi connectivity index (χ4v) is 9.51. The van der Waals surface area contributed by atoms with Crippen molar-refractivity contribution in [1.82, 2.24) is 5.32 Å². The molecule has 0 aliphatic rings. The summed E-state index contributed by atoms with van der Waals surface area (Å²) in [7, 11) is 0. The fourth-order valence-electron chi connectivity index (χ4n) is 9.51. The molecule has 3 N–H and O–H groups in total. The van der Waals surface area contributed by atoms with Gasteiger partial charge in [0.15, 0.2) is 0 Å². The Morgan fingerprint density at radius 3 is 1.06 bits per heavy atom. The average molecular weight is 959 g/mol. The minimum Gasteiger partial charge on any atom is -0.466 e. The first kappa shape index (κ1) is 66.3. The third kappa shape index (κ3) is 53.7. The third-order valence-electron chi connectivity index (χ3n) is 14.2. The maximum absolute atomic E-state index is 12.5. The second-order valence-corrected chi connectivity index (χ2v) is 21.0. The van der Waals surface area contributed by atoms with Crippen molar-refractivity contribution in [1.29, 1.82) is 0 Å². The highest BCUT2D eigenvalue weighted by atomic mass is 16.5. The monoisotopic (exact) mass is 958 g/mol. The highest BCUT2D eigenvalue weighted by Crippen LogP contribution is 2.17. The second kappa shape index (κ2) is 57.9. The van der Waals surface area contributed by atoms with Crippen molar-refractivity contribution in [3.63, 3.8) is 0 Å². The van der Waals surface area contributed by atoms with Gasteiger partial charge in [-0.15, -0.1) is 0 Å². The Kier molecular flexibility index (Phi) is 56.5. The summed E-state index contributed by atoms with van der Waals surface area (Å²) in [6.45, 7) is 4.94. The van der Waals surface area contributed by atoms with Crippen molar-refractivity contribution < 1.29 is 24.5 Å². The summed E-state index contributed by atoms with van der Waals surface area (Å²) in [5, 5.41) is 23.2. The fraction of sp³-hybridized carbons (Fsp3) is 0.903. The maximum Gasteiger partial charge on any atom is 0.305 e. The molecule has 2 atom stereocenters. The summed E-state index contributed by atoms with van der Waals surface area (Å²) in [5.41, 5.74) is 0. The smallest absolute Gasteiger partial charge is 0.305 e. The molecule has 0 aromatic carbocycles. The van der Waals surface area contributed by atoms with Gasteiger partial charge in [0, 0.05) is 12.8 Å². The van der Waals surface area contributed by atoms with E-state index in [1.807, 2.05) is 0 Å². The first-order valence-corrected chi connectivity index (χ1v) is 30.6. The Bertz CT molecular complexity index is 1060. The molecule has 6 heteroatoms. The number of unbranched alkanes of at least 4 members (excludes halogenated alkanes) is 42. The molecule has 0 saturated carbocycles. The summed E-state index contributed by atoms with van der Waals surface area (Å²) < 4.78 is 5.47. The third-order valence-corrected chi connectivity index (χ3v) is 14.2. The van der Waals surface area contributed by atoms with Crippen LogP contribution in [0.4, 0.5) is 0 Å². The number of nitrogens with one attached hydrogen (secondary N) is 1. The normalized spacial score (nSPS) is 12.7. The van der Waals surface area contributed by atoms with Gasteiger partial charge in [-0.2, -0.15) is 0 Å². The average Bonchev–Trinajstić information content (AvgIpc) is 3.34. The van der Waals surface area contributed by atoms with Crippen LogP contribution in [0.15, 0.2) is 24.3 Å². The maximum atomic E-state index is 12.5. The molecule has 0 radical (unpaired) electrons. The molecule has 402 valence electrons. The van der Waals surface area contributed by atoms with Crippen molar-refractivity contribution in [2.45, 2.75) is 347 Å². The molecule has 0 fully saturated rings. The summed E-state index contributed by atoms with van der Waals surface area (Å²) in [6.07, 6.45) is 70.4. The van der Waals surface area contributed by atoms with Crippen LogP contribution in [0.3, 0.4) is 0 Å². The van der Waals surface area contributed by atoms with Gasteiger partial charge in [0.05, 0.1) is 25.4 Å². The van der Waals surface area contributed by atoms with E-state index in [0.29, 0.717) is 25.9 Å². The van der Waals surface area contributed by atoms with Crippen LogP contribution >= 0.6 is 0 Å². The van der Waals surface area contributed by atoms with E-state index in [1.54, 1.807) is 0 Å². The van der Waals surface area contributed by atoms with Crippen molar-refractivity contribution in [3.05, 3.63) is 24.3 Å². The first-order chi connectivity index (χ1) is 33.5. The highest BCUT2D eigenvalue weighted by Gasteiger charge is 2.20. The number of aliphatic hydroxyl groups is 2. The van der Waals surface area contributed by atoms with E-state index in [9.17, 15) is 19.8 Å². The van der Waals surface area contributed by atoms with E-state index in [4.69, 9.17) is 4.74 Å². The number of aliphatic hydroxyl groups excluding tert-OH is 2. The molecule has 2 unspecified atom stereocenters. The Morgan fingerprint density at radius 1 is 0.397 bits per heavy atom. The topological polar surface area (TPSA) is 95.9 Å². The Balaban J connectivity index is 3.39. The van der Waals surface area contributed by atoms with Crippen LogP contribution in [0.2, 0.25) is 0 Å². The molecule has 0 aliphatic carbocycles. The van der Waals surface area contributed by atoms with E-state index in [1.165, 1.54) is 257 Å². The van der Waals surface area contributed by atoms with E-state index < -0.39 is 12.1 Å². The lowest BCUT2D eigenvalue weighted by atomic mass is 10.0. The van der Waals surface area contributed by atoms with Crippen molar-refractivity contribution in [3.8, 4) is 0 Å². The van der Waals surface area contributed by atoms with Gasteiger partial charge in [-0.05, 0) is 77.0 Å². The molecule has 0 bridgehead atoms. The van der Waals surface area contributed by atoms with Crippen LogP contribution in [-0.2, 0) is 14.3 Å². The molecule has 68 heavy (non-hydrogen) atoms. The van der Waals surface area contributed by atoms with E-state index in [-0.39, 0.29) is 18.5 Å². The minimum atomic E-state index is -0.665. The van der Waals surface area contributed by atoms with Crippen molar-refractivity contribution in [2.75, 3.05) is 13.2 Å². The van der Waals surface area contributed by atoms with E-state index in [0.717, 1.165) is 44.9 Å². The van der Waals surface area contributed by atoms with Gasteiger partial charge in [0.2, 0.25) is 5.91 Å². The zero-order valence-corrected chi connectivity index (χ0v) is 45.9. The number of amides is 1. The number of allylic oxidation sites excluding steroid dienone is 4. The second-order valence-electron chi connectivity index (χ2n) is 21.0. The van der Waals surface area contributed by atoms with Crippen LogP contribution in [0, 0.1) is 0 Å². The molecule has 0 aliphatic heterocycles. The Labute approximate surface area is 424 Å². The van der Waals surface area contributed by atoms with Crippen LogP contribution in [0.25, 0.3) is 0 Å². The number of ether oxygens (including phenoxy) is 1. The molecule has 0 saturated heterocycles. The zero-order chi connectivity index (χ0) is 49.3. The largest absolute Gasteiger partial charge is 0.466 e. The molecule has 0 spiro atoms. The van der Waals surface area contributed by atoms with E-state index >= 15 is 0 Å². The van der Waals surface area contributed by atoms with Crippen LogP contribution in [0.5, 0.6) is 0 Å². The summed E-state index contributed by atoms with van der Waals surface area (Å²) in [4.78, 5) is 24.5. The van der Waals surface area contributed by atoms with Crippen LogP contribution in [-0.4, -0.2) is 47.4 Å². The Morgan fingerprint density at radius 2 is 0.691 bits per heavy atom. The van der Waals surface area contributed by atoms with Crippen molar-refractivity contribution >= 4 is 11.9 Å². The Hall–Kier alpha value is -1.66. The van der Waals surface area contributed by atoms with Crippen molar-refractivity contribution in [2.24, 2.45) is 0 Å². The molecule has 1 amide bonds. The lowest BCUT2D eigenvalue weighted by Crippen LogP contribution is -2.45.